The molecule has 25 heavy (non-hydrogen) atoms. The number of aryl methyl sites for hydroxylation is 1. The molecule has 126 valence electrons. The molecular weight excluding hydrogens is 314 g/mol. The molecule has 1 amide bonds. The van der Waals surface area contributed by atoms with Crippen molar-refractivity contribution >= 4 is 23.1 Å². The molecule has 0 atom stereocenters. The Labute approximate surface area is 146 Å². The van der Waals surface area contributed by atoms with E-state index in [0.717, 1.165) is 11.4 Å². The monoisotopic (exact) mass is 333 g/mol. The first-order chi connectivity index (χ1) is 12.2. The average molecular weight is 333 g/mol. The van der Waals surface area contributed by atoms with Gasteiger partial charge in [0.05, 0.1) is 11.9 Å². The van der Waals surface area contributed by atoms with Gasteiger partial charge in [-0.2, -0.15) is 0 Å². The Morgan fingerprint density at radius 3 is 2.36 bits per heavy atom. The minimum Gasteiger partial charge on any atom is -0.484 e. The minimum atomic E-state index is -0.254. The zero-order valence-electron chi connectivity index (χ0n) is 13.9. The Morgan fingerprint density at radius 2 is 1.68 bits per heavy atom. The van der Waals surface area contributed by atoms with Gasteiger partial charge in [0.2, 0.25) is 0 Å². The molecule has 0 aliphatic carbocycles. The summed E-state index contributed by atoms with van der Waals surface area (Å²) in [4.78, 5) is 16.1. The van der Waals surface area contributed by atoms with Crippen LogP contribution in [0.3, 0.4) is 0 Å². The van der Waals surface area contributed by atoms with Gasteiger partial charge in [-0.15, -0.1) is 0 Å². The quantitative estimate of drug-likeness (QED) is 0.711. The normalized spacial score (nSPS) is 10.1. The van der Waals surface area contributed by atoms with Gasteiger partial charge in [-0.05, 0) is 43.3 Å². The average Bonchev–Trinajstić information content (AvgIpc) is 2.64. The molecule has 3 aromatic rings. The highest BCUT2D eigenvalue weighted by Gasteiger charge is 2.05. The van der Waals surface area contributed by atoms with Crippen LogP contribution < -0.4 is 15.4 Å². The third-order valence-electron chi connectivity index (χ3n) is 3.48. The predicted molar refractivity (Wildman–Crippen MR) is 99.3 cm³/mol. The number of carbonyl (C=O) groups is 1. The van der Waals surface area contributed by atoms with Gasteiger partial charge in [0, 0.05) is 5.69 Å². The van der Waals surface area contributed by atoms with Crippen molar-refractivity contribution in [2.75, 3.05) is 17.2 Å². The summed E-state index contributed by atoms with van der Waals surface area (Å²) >= 11 is 0. The van der Waals surface area contributed by atoms with E-state index in [1.807, 2.05) is 55.5 Å². The standard InChI is InChI=1S/C20H19N3O2/c1-15-7-9-16(10-8-15)22-17-11-12-19(21-13-17)23-20(24)14-25-18-5-3-2-4-6-18/h2-13,22H,14H2,1H3,(H,21,23,24). The van der Waals surface area contributed by atoms with Gasteiger partial charge in [-0.1, -0.05) is 35.9 Å². The van der Waals surface area contributed by atoms with Crippen molar-refractivity contribution in [3.05, 3.63) is 78.5 Å². The highest BCUT2D eigenvalue weighted by molar-refractivity contribution is 5.91. The Balaban J connectivity index is 1.51. The summed E-state index contributed by atoms with van der Waals surface area (Å²) in [7, 11) is 0. The SMILES string of the molecule is Cc1ccc(Nc2ccc(NC(=O)COc3ccccc3)nc2)cc1. The van der Waals surface area contributed by atoms with Gasteiger partial charge in [0.1, 0.15) is 11.6 Å². The molecule has 2 aromatic carbocycles. The van der Waals surface area contributed by atoms with E-state index < -0.39 is 0 Å². The molecule has 0 unspecified atom stereocenters. The van der Waals surface area contributed by atoms with Crippen LogP contribution in [-0.2, 0) is 4.79 Å². The zero-order valence-corrected chi connectivity index (χ0v) is 13.9. The number of rotatable bonds is 6. The first-order valence-electron chi connectivity index (χ1n) is 7.96. The summed E-state index contributed by atoms with van der Waals surface area (Å²) in [6.07, 6.45) is 1.67. The number of carbonyl (C=O) groups excluding carboxylic acids is 1. The van der Waals surface area contributed by atoms with Crippen LogP contribution in [0.4, 0.5) is 17.2 Å². The van der Waals surface area contributed by atoms with Crippen LogP contribution in [0.1, 0.15) is 5.56 Å². The number of hydrogen-bond donors (Lipinski definition) is 2. The second kappa shape index (κ2) is 7.97. The Morgan fingerprint density at radius 1 is 0.960 bits per heavy atom. The van der Waals surface area contributed by atoms with Crippen LogP contribution in [0.5, 0.6) is 5.75 Å². The summed E-state index contributed by atoms with van der Waals surface area (Å²) in [6.45, 7) is 1.99. The topological polar surface area (TPSA) is 63.2 Å². The summed E-state index contributed by atoms with van der Waals surface area (Å²) in [5.41, 5.74) is 3.04. The van der Waals surface area contributed by atoms with Crippen LogP contribution in [0.2, 0.25) is 0 Å². The molecule has 5 heteroatoms. The predicted octanol–water partition coefficient (Wildman–Crippen LogP) is 4.15. The second-order valence-electron chi connectivity index (χ2n) is 5.57. The van der Waals surface area contributed by atoms with E-state index in [-0.39, 0.29) is 12.5 Å². The molecule has 5 nitrogen and oxygen atoms in total. The Bertz CT molecular complexity index is 816. The molecule has 1 aromatic heterocycles. The fraction of sp³-hybridized carbons (Fsp3) is 0.100. The van der Waals surface area contributed by atoms with Crippen LogP contribution >= 0.6 is 0 Å². The molecule has 1 heterocycles. The largest absolute Gasteiger partial charge is 0.484 e. The lowest BCUT2D eigenvalue weighted by Crippen LogP contribution is -2.20. The van der Waals surface area contributed by atoms with E-state index in [1.54, 1.807) is 24.4 Å². The summed E-state index contributed by atoms with van der Waals surface area (Å²) < 4.78 is 5.40. The fourth-order valence-electron chi connectivity index (χ4n) is 2.19. The number of hydrogen-bond acceptors (Lipinski definition) is 4. The maximum Gasteiger partial charge on any atom is 0.263 e. The van der Waals surface area contributed by atoms with Crippen molar-refractivity contribution in [2.24, 2.45) is 0 Å². The zero-order chi connectivity index (χ0) is 17.5. The van der Waals surface area contributed by atoms with Crippen molar-refractivity contribution in [3.63, 3.8) is 0 Å². The van der Waals surface area contributed by atoms with E-state index in [1.165, 1.54) is 5.56 Å². The van der Waals surface area contributed by atoms with Crippen molar-refractivity contribution in [1.82, 2.24) is 4.98 Å². The van der Waals surface area contributed by atoms with Crippen molar-refractivity contribution in [1.29, 1.82) is 0 Å². The van der Waals surface area contributed by atoms with E-state index in [0.29, 0.717) is 11.6 Å². The lowest BCUT2D eigenvalue weighted by atomic mass is 10.2. The molecule has 0 fully saturated rings. The highest BCUT2D eigenvalue weighted by atomic mass is 16.5. The molecule has 0 aliphatic heterocycles. The molecule has 2 N–H and O–H groups in total. The third kappa shape index (κ3) is 5.07. The van der Waals surface area contributed by atoms with Crippen molar-refractivity contribution < 1.29 is 9.53 Å². The van der Waals surface area contributed by atoms with Gasteiger partial charge in [0.25, 0.3) is 5.91 Å². The molecule has 0 bridgehead atoms. The van der Waals surface area contributed by atoms with Crippen molar-refractivity contribution in [3.8, 4) is 5.75 Å². The molecule has 0 spiro atoms. The first-order valence-corrected chi connectivity index (χ1v) is 7.96. The molecule has 0 saturated carbocycles. The molecule has 3 rings (SSSR count). The number of ether oxygens (including phenoxy) is 1. The number of nitrogens with one attached hydrogen (secondary N) is 2. The second-order valence-corrected chi connectivity index (χ2v) is 5.57. The maximum absolute atomic E-state index is 11.9. The van der Waals surface area contributed by atoms with E-state index in [9.17, 15) is 4.79 Å². The Hall–Kier alpha value is -3.34. The minimum absolute atomic E-state index is 0.0605. The molecule has 0 saturated heterocycles. The fourth-order valence-corrected chi connectivity index (χ4v) is 2.19. The summed E-state index contributed by atoms with van der Waals surface area (Å²) in [6, 6.07) is 20.9. The summed E-state index contributed by atoms with van der Waals surface area (Å²) in [5, 5.41) is 5.97. The van der Waals surface area contributed by atoms with Crippen LogP contribution in [0.15, 0.2) is 72.9 Å². The van der Waals surface area contributed by atoms with Crippen molar-refractivity contribution in [2.45, 2.75) is 6.92 Å². The molecule has 0 aliphatic rings. The number of anilines is 3. The Kier molecular flexibility index (Phi) is 5.26. The number of benzene rings is 2. The van der Waals surface area contributed by atoms with E-state index in [4.69, 9.17) is 4.74 Å². The number of aromatic nitrogens is 1. The van der Waals surface area contributed by atoms with Gasteiger partial charge in [0.15, 0.2) is 6.61 Å². The maximum atomic E-state index is 11.9. The number of amides is 1. The van der Waals surface area contributed by atoms with E-state index in [2.05, 4.69) is 15.6 Å². The smallest absolute Gasteiger partial charge is 0.263 e. The van der Waals surface area contributed by atoms with Crippen LogP contribution in [0.25, 0.3) is 0 Å². The van der Waals surface area contributed by atoms with Gasteiger partial charge < -0.3 is 15.4 Å². The lowest BCUT2D eigenvalue weighted by Gasteiger charge is -2.09. The number of nitrogens with zero attached hydrogens (tertiary/aromatic N) is 1. The molecule has 0 radical (unpaired) electrons. The van der Waals surface area contributed by atoms with E-state index >= 15 is 0 Å². The number of pyridine rings is 1. The first kappa shape index (κ1) is 16.5. The molecular formula is C20H19N3O2. The van der Waals surface area contributed by atoms with Gasteiger partial charge in [-0.3, -0.25) is 4.79 Å². The van der Waals surface area contributed by atoms with Crippen LogP contribution in [0, 0.1) is 6.92 Å². The highest BCUT2D eigenvalue weighted by Crippen LogP contribution is 2.17. The number of para-hydroxylation sites is 1. The van der Waals surface area contributed by atoms with Gasteiger partial charge >= 0.3 is 0 Å². The lowest BCUT2D eigenvalue weighted by molar-refractivity contribution is -0.118. The van der Waals surface area contributed by atoms with Gasteiger partial charge in [-0.25, -0.2) is 4.98 Å². The van der Waals surface area contributed by atoms with Crippen LogP contribution in [-0.4, -0.2) is 17.5 Å². The third-order valence-corrected chi connectivity index (χ3v) is 3.48. The summed E-state index contributed by atoms with van der Waals surface area (Å²) in [5.74, 6) is 0.884.